The Bertz CT molecular complexity index is 593. The fraction of sp³-hybridized carbons (Fsp3) is 0.579. The van der Waals surface area contributed by atoms with Crippen LogP contribution in [0.3, 0.4) is 0 Å². The van der Waals surface area contributed by atoms with Crippen molar-refractivity contribution >= 4 is 23.2 Å². The summed E-state index contributed by atoms with van der Waals surface area (Å²) in [5.74, 6) is 1.72. The minimum atomic E-state index is -0.204. The number of piperidine rings is 1. The van der Waals surface area contributed by atoms with E-state index >= 15 is 0 Å². The van der Waals surface area contributed by atoms with E-state index in [1.807, 2.05) is 12.1 Å². The molecule has 1 amide bonds. The van der Waals surface area contributed by atoms with E-state index in [-0.39, 0.29) is 12.5 Å². The predicted octanol–water partition coefficient (Wildman–Crippen LogP) is 3.63. The minimum Gasteiger partial charge on any atom is -0.484 e. The summed E-state index contributed by atoms with van der Waals surface area (Å²) in [5.41, 5.74) is 2.48. The lowest BCUT2D eigenvalue weighted by molar-refractivity contribution is -0.121. The number of amides is 1. The van der Waals surface area contributed by atoms with Crippen LogP contribution in [0.15, 0.2) is 18.2 Å². The minimum absolute atomic E-state index is 0.0230. The number of carbonyl (C=O) groups excluding carboxylic acids is 1. The molecule has 5 heteroatoms. The van der Waals surface area contributed by atoms with Gasteiger partial charge in [-0.25, -0.2) is 0 Å². The molecule has 1 aromatic rings. The Morgan fingerprint density at radius 1 is 1.38 bits per heavy atom. The second kappa shape index (κ2) is 8.47. The van der Waals surface area contributed by atoms with Gasteiger partial charge in [-0.2, -0.15) is 0 Å². The third kappa shape index (κ3) is 5.20. The summed E-state index contributed by atoms with van der Waals surface area (Å²) in [6.45, 7) is 10.4. The van der Waals surface area contributed by atoms with Gasteiger partial charge in [0.25, 0.3) is 5.91 Å². The second-order valence-electron chi connectivity index (χ2n) is 6.98. The second-order valence-corrected chi connectivity index (χ2v) is 7.37. The third-order valence-electron chi connectivity index (χ3n) is 4.55. The van der Waals surface area contributed by atoms with Gasteiger partial charge in [0.2, 0.25) is 0 Å². The van der Waals surface area contributed by atoms with Crippen molar-refractivity contribution in [2.45, 2.75) is 46.5 Å². The van der Waals surface area contributed by atoms with Gasteiger partial charge >= 0.3 is 0 Å². The van der Waals surface area contributed by atoms with Crippen LogP contribution in [-0.4, -0.2) is 35.6 Å². The Hall–Kier alpha value is -1.62. The van der Waals surface area contributed by atoms with Gasteiger partial charge in [0.1, 0.15) is 5.75 Å². The molecule has 1 aliphatic heterocycles. The summed E-state index contributed by atoms with van der Waals surface area (Å²) in [7, 11) is 0. The van der Waals surface area contributed by atoms with E-state index in [2.05, 4.69) is 44.0 Å². The van der Waals surface area contributed by atoms with Crippen LogP contribution in [0.2, 0.25) is 0 Å². The van der Waals surface area contributed by atoms with Crippen molar-refractivity contribution in [2.75, 3.05) is 19.7 Å². The topological polar surface area (TPSA) is 41.6 Å². The number of nitrogens with zero attached hydrogens (tertiary/aromatic N) is 1. The van der Waals surface area contributed by atoms with Gasteiger partial charge in [0.15, 0.2) is 11.7 Å². The maximum Gasteiger partial charge on any atom is 0.264 e. The first-order valence-electron chi connectivity index (χ1n) is 8.69. The highest BCUT2D eigenvalue weighted by Crippen LogP contribution is 2.23. The fourth-order valence-electron chi connectivity index (χ4n) is 2.98. The first kappa shape index (κ1) is 18.7. The number of benzene rings is 1. The van der Waals surface area contributed by atoms with Crippen LogP contribution in [0.4, 0.5) is 0 Å². The Balaban J connectivity index is 1.80. The van der Waals surface area contributed by atoms with E-state index in [1.54, 1.807) is 0 Å². The van der Waals surface area contributed by atoms with Gasteiger partial charge in [-0.1, -0.05) is 26.8 Å². The van der Waals surface area contributed by atoms with E-state index in [0.29, 0.717) is 16.8 Å². The van der Waals surface area contributed by atoms with E-state index in [1.165, 1.54) is 11.1 Å². The maximum atomic E-state index is 12.0. The van der Waals surface area contributed by atoms with Crippen LogP contribution >= 0.6 is 12.2 Å². The van der Waals surface area contributed by atoms with Gasteiger partial charge in [-0.3, -0.25) is 4.79 Å². The number of hydrogen-bond donors (Lipinski definition) is 1. The molecule has 1 heterocycles. The van der Waals surface area contributed by atoms with E-state index in [4.69, 9.17) is 17.0 Å². The Morgan fingerprint density at radius 2 is 2.04 bits per heavy atom. The molecule has 132 valence electrons. The van der Waals surface area contributed by atoms with Crippen molar-refractivity contribution in [1.29, 1.82) is 0 Å². The number of aryl methyl sites for hydroxylation is 1. The number of rotatable bonds is 4. The average molecular weight is 349 g/mol. The first-order chi connectivity index (χ1) is 11.4. The molecule has 24 heavy (non-hydrogen) atoms. The molecule has 1 saturated heterocycles. The zero-order chi connectivity index (χ0) is 17.7. The molecule has 1 aromatic carbocycles. The fourth-order valence-corrected chi connectivity index (χ4v) is 3.28. The number of nitrogens with one attached hydrogen (secondary N) is 1. The quantitative estimate of drug-likeness (QED) is 0.844. The largest absolute Gasteiger partial charge is 0.484 e. The SMILES string of the molecule is Cc1cc(OCC(=O)NC(=S)N2CCC(C)CC2)ccc1C(C)C. The number of hydrogen-bond acceptors (Lipinski definition) is 3. The molecule has 1 N–H and O–H groups in total. The molecule has 0 aromatic heterocycles. The third-order valence-corrected chi connectivity index (χ3v) is 4.91. The van der Waals surface area contributed by atoms with Crippen LogP contribution in [-0.2, 0) is 4.79 Å². The van der Waals surface area contributed by atoms with Crippen LogP contribution in [0.1, 0.15) is 50.7 Å². The molecule has 0 aliphatic carbocycles. The highest BCUT2D eigenvalue weighted by molar-refractivity contribution is 7.80. The zero-order valence-electron chi connectivity index (χ0n) is 15.1. The summed E-state index contributed by atoms with van der Waals surface area (Å²) in [5, 5.41) is 3.29. The molecule has 1 fully saturated rings. The summed E-state index contributed by atoms with van der Waals surface area (Å²) in [6.07, 6.45) is 2.24. The van der Waals surface area contributed by atoms with Crippen molar-refractivity contribution in [3.63, 3.8) is 0 Å². The van der Waals surface area contributed by atoms with Gasteiger partial charge in [-0.15, -0.1) is 0 Å². The molecule has 0 atom stereocenters. The molecule has 0 radical (unpaired) electrons. The van der Waals surface area contributed by atoms with Crippen LogP contribution in [0.25, 0.3) is 0 Å². The lowest BCUT2D eigenvalue weighted by Crippen LogP contribution is -2.47. The molecular formula is C19H28N2O2S. The van der Waals surface area contributed by atoms with Crippen LogP contribution < -0.4 is 10.1 Å². The van der Waals surface area contributed by atoms with E-state index < -0.39 is 0 Å². The molecule has 2 rings (SSSR count). The number of thiocarbonyl (C=S) groups is 1. The smallest absolute Gasteiger partial charge is 0.264 e. The molecule has 1 aliphatic rings. The molecule has 0 unspecified atom stereocenters. The van der Waals surface area contributed by atoms with Crippen molar-refractivity contribution < 1.29 is 9.53 Å². The summed E-state index contributed by atoms with van der Waals surface area (Å²) >= 11 is 5.32. The summed E-state index contributed by atoms with van der Waals surface area (Å²) < 4.78 is 5.60. The standard InChI is InChI=1S/C19H28N2O2S/c1-13(2)17-6-5-16(11-15(17)4)23-12-18(22)20-19(24)21-9-7-14(3)8-10-21/h5-6,11,13-14H,7-10,12H2,1-4H3,(H,20,22,24). The number of likely N-dealkylation sites (tertiary alicyclic amines) is 1. The Morgan fingerprint density at radius 3 is 2.62 bits per heavy atom. The Labute approximate surface area is 150 Å². The van der Waals surface area contributed by atoms with Crippen molar-refractivity contribution in [3.05, 3.63) is 29.3 Å². The van der Waals surface area contributed by atoms with E-state index in [9.17, 15) is 4.79 Å². The van der Waals surface area contributed by atoms with Crippen LogP contribution in [0.5, 0.6) is 5.75 Å². The maximum absolute atomic E-state index is 12.0. The summed E-state index contributed by atoms with van der Waals surface area (Å²) in [4.78, 5) is 14.1. The van der Waals surface area contributed by atoms with Gasteiger partial charge < -0.3 is 15.0 Å². The molecular weight excluding hydrogens is 320 g/mol. The molecule has 0 bridgehead atoms. The average Bonchev–Trinajstić information content (AvgIpc) is 2.53. The van der Waals surface area contributed by atoms with Gasteiger partial charge in [0, 0.05) is 13.1 Å². The molecule has 4 nitrogen and oxygen atoms in total. The lowest BCUT2D eigenvalue weighted by Gasteiger charge is -2.32. The number of carbonyl (C=O) groups is 1. The number of ether oxygens (including phenoxy) is 1. The van der Waals surface area contributed by atoms with Crippen LogP contribution in [0, 0.1) is 12.8 Å². The molecule has 0 saturated carbocycles. The zero-order valence-corrected chi connectivity index (χ0v) is 15.9. The molecule has 0 spiro atoms. The lowest BCUT2D eigenvalue weighted by atomic mass is 9.98. The van der Waals surface area contributed by atoms with Crippen molar-refractivity contribution in [3.8, 4) is 5.75 Å². The van der Waals surface area contributed by atoms with Gasteiger partial charge in [0.05, 0.1) is 0 Å². The summed E-state index contributed by atoms with van der Waals surface area (Å²) in [6, 6.07) is 5.96. The Kier molecular flexibility index (Phi) is 6.60. The highest BCUT2D eigenvalue weighted by atomic mass is 32.1. The normalized spacial score (nSPS) is 15.5. The predicted molar refractivity (Wildman–Crippen MR) is 101 cm³/mol. The first-order valence-corrected chi connectivity index (χ1v) is 9.09. The monoisotopic (exact) mass is 348 g/mol. The van der Waals surface area contributed by atoms with E-state index in [0.717, 1.165) is 31.8 Å². The highest BCUT2D eigenvalue weighted by Gasteiger charge is 2.19. The van der Waals surface area contributed by atoms with Gasteiger partial charge in [-0.05, 0) is 67.1 Å². The van der Waals surface area contributed by atoms with Crippen molar-refractivity contribution in [2.24, 2.45) is 5.92 Å². The van der Waals surface area contributed by atoms with Crippen molar-refractivity contribution in [1.82, 2.24) is 10.2 Å².